The van der Waals surface area contributed by atoms with E-state index in [4.69, 9.17) is 0 Å². The molecule has 0 aliphatic rings. The van der Waals surface area contributed by atoms with E-state index >= 15 is 0 Å². The van der Waals surface area contributed by atoms with Crippen molar-refractivity contribution in [3.8, 4) is 0 Å². The predicted octanol–water partition coefficient (Wildman–Crippen LogP) is 3.43. The van der Waals surface area contributed by atoms with Crippen LogP contribution in [0.5, 0.6) is 0 Å². The summed E-state index contributed by atoms with van der Waals surface area (Å²) in [6, 6.07) is 1.98. The van der Waals surface area contributed by atoms with E-state index in [0.717, 1.165) is 29.7 Å². The molecule has 2 aromatic rings. The Morgan fingerprint density at radius 2 is 2.19 bits per heavy atom. The van der Waals surface area contributed by atoms with Crippen LogP contribution in [0.1, 0.15) is 45.9 Å². The van der Waals surface area contributed by atoms with Crippen molar-refractivity contribution < 1.29 is 0 Å². The summed E-state index contributed by atoms with van der Waals surface area (Å²) in [5.74, 6) is 1.10. The Morgan fingerprint density at radius 1 is 1.38 bits per heavy atom. The molecule has 0 spiro atoms. The van der Waals surface area contributed by atoms with Gasteiger partial charge >= 0.3 is 0 Å². The second-order valence-corrected chi connectivity index (χ2v) is 4.64. The number of pyridine rings is 1. The maximum atomic E-state index is 4.66. The molecule has 2 rings (SSSR count). The van der Waals surface area contributed by atoms with Crippen LogP contribution in [0.4, 0.5) is 0 Å². The van der Waals surface area contributed by atoms with Gasteiger partial charge in [-0.2, -0.15) is 0 Å². The van der Waals surface area contributed by atoms with E-state index in [1.165, 1.54) is 6.42 Å². The molecule has 3 heteroatoms. The largest absolute Gasteiger partial charge is 0.341 e. The van der Waals surface area contributed by atoms with Crippen molar-refractivity contribution in [1.82, 2.24) is 15.0 Å². The van der Waals surface area contributed by atoms with E-state index in [9.17, 15) is 0 Å². The van der Waals surface area contributed by atoms with Gasteiger partial charge in [0.15, 0.2) is 0 Å². The van der Waals surface area contributed by atoms with Gasteiger partial charge in [-0.1, -0.05) is 27.2 Å². The molecule has 1 N–H and O–H groups in total. The smallest absolute Gasteiger partial charge is 0.113 e. The number of nitrogens with zero attached hydrogens (tertiary/aromatic N) is 2. The quantitative estimate of drug-likeness (QED) is 0.852. The van der Waals surface area contributed by atoms with Crippen LogP contribution >= 0.6 is 0 Å². The minimum absolute atomic E-state index is 0.160. The van der Waals surface area contributed by atoms with Crippen molar-refractivity contribution in [2.24, 2.45) is 0 Å². The molecule has 2 heterocycles. The van der Waals surface area contributed by atoms with Crippen molar-refractivity contribution in [3.63, 3.8) is 0 Å². The first kappa shape index (κ1) is 11.1. The predicted molar refractivity (Wildman–Crippen MR) is 66.4 cm³/mol. The minimum atomic E-state index is 0.160. The molecule has 0 bridgehead atoms. The average Bonchev–Trinajstić information content (AvgIpc) is 2.73. The van der Waals surface area contributed by atoms with E-state index in [1.54, 1.807) is 6.20 Å². The summed E-state index contributed by atoms with van der Waals surface area (Å²) >= 11 is 0. The lowest BCUT2D eigenvalue weighted by Crippen LogP contribution is -2.22. The fraction of sp³-hybridized carbons (Fsp3) is 0.538. The molecule has 1 unspecified atom stereocenters. The summed E-state index contributed by atoms with van der Waals surface area (Å²) in [6.07, 6.45) is 7.06. The molecule has 1 atom stereocenters. The molecule has 2 aromatic heterocycles. The Kier molecular flexibility index (Phi) is 2.95. The number of aromatic nitrogens is 3. The fourth-order valence-electron chi connectivity index (χ4n) is 2.16. The van der Waals surface area contributed by atoms with Crippen LogP contribution in [0.3, 0.4) is 0 Å². The first-order chi connectivity index (χ1) is 7.69. The number of H-pyrrole nitrogens is 1. The fourth-order valence-corrected chi connectivity index (χ4v) is 2.16. The molecular weight excluding hydrogens is 198 g/mol. The zero-order chi connectivity index (χ0) is 11.6. The molecule has 86 valence electrons. The highest BCUT2D eigenvalue weighted by atomic mass is 14.9. The van der Waals surface area contributed by atoms with Gasteiger partial charge in [0.2, 0.25) is 0 Å². The van der Waals surface area contributed by atoms with Gasteiger partial charge < -0.3 is 4.98 Å². The van der Waals surface area contributed by atoms with Crippen molar-refractivity contribution in [2.45, 2.75) is 45.4 Å². The van der Waals surface area contributed by atoms with Crippen molar-refractivity contribution in [1.29, 1.82) is 0 Å². The van der Waals surface area contributed by atoms with E-state index in [2.05, 4.69) is 35.7 Å². The molecule has 0 aliphatic heterocycles. The third kappa shape index (κ3) is 1.82. The maximum Gasteiger partial charge on any atom is 0.113 e. The van der Waals surface area contributed by atoms with Crippen LogP contribution in [0, 0.1) is 0 Å². The second-order valence-electron chi connectivity index (χ2n) is 4.64. The Labute approximate surface area is 96.3 Å². The Bertz CT molecular complexity index is 442. The van der Waals surface area contributed by atoms with Crippen LogP contribution in [0.25, 0.3) is 11.0 Å². The molecule has 3 nitrogen and oxygen atoms in total. The SMILES string of the molecule is CCCC(C)(CC)c1nc2cnccc2[nH]1. The summed E-state index contributed by atoms with van der Waals surface area (Å²) < 4.78 is 0. The number of nitrogens with one attached hydrogen (secondary N) is 1. The number of imidazole rings is 1. The topological polar surface area (TPSA) is 41.6 Å². The average molecular weight is 217 g/mol. The zero-order valence-corrected chi connectivity index (χ0v) is 10.2. The highest BCUT2D eigenvalue weighted by Crippen LogP contribution is 2.31. The monoisotopic (exact) mass is 217 g/mol. The lowest BCUT2D eigenvalue weighted by molar-refractivity contribution is 0.394. The molecule has 0 fully saturated rings. The van der Waals surface area contributed by atoms with Gasteiger partial charge in [-0.15, -0.1) is 0 Å². The third-order valence-electron chi connectivity index (χ3n) is 3.44. The normalized spacial score (nSPS) is 15.2. The summed E-state index contributed by atoms with van der Waals surface area (Å²) in [4.78, 5) is 12.2. The Balaban J connectivity index is 2.45. The van der Waals surface area contributed by atoms with Gasteiger partial charge in [0.25, 0.3) is 0 Å². The van der Waals surface area contributed by atoms with Crippen LogP contribution in [-0.2, 0) is 5.41 Å². The molecule has 0 aromatic carbocycles. The van der Waals surface area contributed by atoms with Gasteiger partial charge in [0.05, 0.1) is 11.7 Å². The molecule has 0 saturated heterocycles. The molecule has 0 radical (unpaired) electrons. The lowest BCUT2D eigenvalue weighted by Gasteiger charge is -2.25. The van der Waals surface area contributed by atoms with Crippen LogP contribution in [0.2, 0.25) is 0 Å². The van der Waals surface area contributed by atoms with Crippen molar-refractivity contribution in [2.75, 3.05) is 0 Å². The van der Waals surface area contributed by atoms with Gasteiger partial charge in [0.1, 0.15) is 11.3 Å². The van der Waals surface area contributed by atoms with Gasteiger partial charge in [-0.25, -0.2) is 4.98 Å². The van der Waals surface area contributed by atoms with Gasteiger partial charge in [-0.05, 0) is 18.9 Å². The van der Waals surface area contributed by atoms with Gasteiger partial charge in [0, 0.05) is 11.6 Å². The van der Waals surface area contributed by atoms with Crippen LogP contribution < -0.4 is 0 Å². The van der Waals surface area contributed by atoms with Gasteiger partial charge in [-0.3, -0.25) is 4.98 Å². The number of hydrogen-bond acceptors (Lipinski definition) is 2. The maximum absolute atomic E-state index is 4.66. The summed E-state index contributed by atoms with van der Waals surface area (Å²) in [7, 11) is 0. The number of hydrogen-bond donors (Lipinski definition) is 1. The van der Waals surface area contributed by atoms with Crippen molar-refractivity contribution in [3.05, 3.63) is 24.3 Å². The summed E-state index contributed by atoms with van der Waals surface area (Å²) in [6.45, 7) is 6.72. The van der Waals surface area contributed by atoms with E-state index < -0.39 is 0 Å². The Hall–Kier alpha value is -1.38. The molecule has 0 amide bonds. The lowest BCUT2D eigenvalue weighted by atomic mass is 9.82. The van der Waals surface area contributed by atoms with Crippen molar-refractivity contribution >= 4 is 11.0 Å². The number of fused-ring (bicyclic) bond motifs is 1. The van der Waals surface area contributed by atoms with E-state index in [0.29, 0.717) is 0 Å². The standard InChI is InChI=1S/C13H19N3/c1-4-7-13(3,5-2)12-15-10-6-8-14-9-11(10)16-12/h6,8-9H,4-5,7H2,1-3H3,(H,15,16). The molecule has 16 heavy (non-hydrogen) atoms. The number of aromatic amines is 1. The zero-order valence-electron chi connectivity index (χ0n) is 10.2. The molecule has 0 saturated carbocycles. The molecular formula is C13H19N3. The first-order valence-corrected chi connectivity index (χ1v) is 6.00. The van der Waals surface area contributed by atoms with Crippen LogP contribution in [0.15, 0.2) is 18.5 Å². The summed E-state index contributed by atoms with van der Waals surface area (Å²) in [5.41, 5.74) is 2.21. The number of rotatable bonds is 4. The first-order valence-electron chi connectivity index (χ1n) is 6.00. The van der Waals surface area contributed by atoms with Crippen LogP contribution in [-0.4, -0.2) is 15.0 Å². The second kappa shape index (κ2) is 4.24. The third-order valence-corrected chi connectivity index (χ3v) is 3.44. The molecule has 0 aliphatic carbocycles. The van der Waals surface area contributed by atoms with E-state index in [1.807, 2.05) is 12.3 Å². The highest BCUT2D eigenvalue weighted by molar-refractivity contribution is 5.73. The summed E-state index contributed by atoms with van der Waals surface area (Å²) in [5, 5.41) is 0. The highest BCUT2D eigenvalue weighted by Gasteiger charge is 2.26. The Morgan fingerprint density at radius 3 is 2.81 bits per heavy atom. The minimum Gasteiger partial charge on any atom is -0.341 e. The van der Waals surface area contributed by atoms with E-state index in [-0.39, 0.29) is 5.41 Å².